The van der Waals surface area contributed by atoms with Crippen molar-refractivity contribution in [3.63, 3.8) is 0 Å². The van der Waals surface area contributed by atoms with Crippen LogP contribution in [0.2, 0.25) is 0 Å². The summed E-state index contributed by atoms with van der Waals surface area (Å²) in [4.78, 5) is 19.8. The summed E-state index contributed by atoms with van der Waals surface area (Å²) in [6.45, 7) is 0.626. The summed E-state index contributed by atoms with van der Waals surface area (Å²) in [7, 11) is 0. The zero-order chi connectivity index (χ0) is 9.94. The standard InChI is InChI=1S/C5H6F3NO3/c1-2(5(6,7)8)9-3(10)4(11)12/h2H,1H3,(H,9,10)(H,11,12)/p-1/t2-/m1/s1. The van der Waals surface area contributed by atoms with E-state index in [-0.39, 0.29) is 0 Å². The molecule has 0 bridgehead atoms. The van der Waals surface area contributed by atoms with E-state index in [4.69, 9.17) is 0 Å². The molecule has 0 aliphatic carbocycles. The minimum Gasteiger partial charge on any atom is -0.540 e. The zero-order valence-electron chi connectivity index (χ0n) is 5.94. The first kappa shape index (κ1) is 10.7. The van der Waals surface area contributed by atoms with Crippen LogP contribution in [-0.2, 0) is 9.59 Å². The smallest absolute Gasteiger partial charge is 0.408 e. The van der Waals surface area contributed by atoms with Crippen molar-refractivity contribution in [3.05, 3.63) is 0 Å². The highest BCUT2D eigenvalue weighted by Crippen LogP contribution is 2.19. The summed E-state index contributed by atoms with van der Waals surface area (Å²) in [5.74, 6) is -3.97. The molecule has 0 aliphatic rings. The first-order chi connectivity index (χ1) is 5.25. The Hall–Kier alpha value is -1.27. The molecule has 0 rings (SSSR count). The Morgan fingerprint density at radius 2 is 1.83 bits per heavy atom. The summed E-state index contributed by atoms with van der Waals surface area (Å²) < 4.78 is 34.9. The highest BCUT2D eigenvalue weighted by Gasteiger charge is 2.36. The number of carbonyl (C=O) groups excluding carboxylic acids is 2. The van der Waals surface area contributed by atoms with Crippen LogP contribution in [0.15, 0.2) is 0 Å². The number of amides is 1. The molecular formula is C5H5F3NO3-. The second-order valence-electron chi connectivity index (χ2n) is 2.02. The van der Waals surface area contributed by atoms with Gasteiger partial charge in [-0.3, -0.25) is 4.79 Å². The molecule has 0 unspecified atom stereocenters. The molecule has 12 heavy (non-hydrogen) atoms. The number of nitrogens with one attached hydrogen (secondary N) is 1. The lowest BCUT2D eigenvalue weighted by molar-refractivity contribution is -0.300. The maximum atomic E-state index is 11.6. The van der Waals surface area contributed by atoms with Gasteiger partial charge in [0, 0.05) is 0 Å². The Morgan fingerprint density at radius 3 is 2.08 bits per heavy atom. The Labute approximate surface area is 65.4 Å². The summed E-state index contributed by atoms with van der Waals surface area (Å²) >= 11 is 0. The average Bonchev–Trinajstić information content (AvgIpc) is 1.85. The molecule has 0 fully saturated rings. The van der Waals surface area contributed by atoms with Crippen molar-refractivity contribution < 1.29 is 27.9 Å². The molecule has 0 aliphatic heterocycles. The Balaban J connectivity index is 4.11. The fourth-order valence-electron chi connectivity index (χ4n) is 0.337. The molecule has 0 aromatic heterocycles. The molecule has 0 radical (unpaired) electrons. The first-order valence-corrected chi connectivity index (χ1v) is 2.83. The lowest BCUT2D eigenvalue weighted by Gasteiger charge is -2.16. The highest BCUT2D eigenvalue weighted by atomic mass is 19.4. The number of halogens is 3. The van der Waals surface area contributed by atoms with Gasteiger partial charge in [0.25, 0.3) is 5.91 Å². The molecule has 0 aromatic rings. The Morgan fingerprint density at radius 1 is 1.42 bits per heavy atom. The Bertz CT molecular complexity index is 201. The van der Waals surface area contributed by atoms with Crippen LogP contribution in [-0.4, -0.2) is 24.1 Å². The lowest BCUT2D eigenvalue weighted by Crippen LogP contribution is -2.49. The summed E-state index contributed by atoms with van der Waals surface area (Å²) in [5.41, 5.74) is 0. The number of alkyl halides is 3. The largest absolute Gasteiger partial charge is 0.540 e. The molecule has 0 saturated heterocycles. The monoisotopic (exact) mass is 184 g/mol. The van der Waals surface area contributed by atoms with Crippen LogP contribution in [0, 0.1) is 0 Å². The van der Waals surface area contributed by atoms with Crippen molar-refractivity contribution in [1.82, 2.24) is 5.32 Å². The maximum absolute atomic E-state index is 11.6. The van der Waals surface area contributed by atoms with Gasteiger partial charge < -0.3 is 15.2 Å². The minimum atomic E-state index is -4.65. The number of carbonyl (C=O) groups is 2. The fraction of sp³-hybridized carbons (Fsp3) is 0.600. The predicted molar refractivity (Wildman–Crippen MR) is 28.7 cm³/mol. The molecule has 0 spiro atoms. The van der Waals surface area contributed by atoms with Crippen molar-refractivity contribution in [2.75, 3.05) is 0 Å². The molecule has 0 aromatic carbocycles. The van der Waals surface area contributed by atoms with Crippen LogP contribution in [0.1, 0.15) is 6.92 Å². The quantitative estimate of drug-likeness (QED) is 0.520. The fourth-order valence-corrected chi connectivity index (χ4v) is 0.337. The van der Waals surface area contributed by atoms with E-state index in [9.17, 15) is 27.9 Å². The SMILES string of the molecule is C[C@@H](NC(=O)C(=O)[O-])C(F)(F)F. The van der Waals surface area contributed by atoms with Gasteiger partial charge in [0.2, 0.25) is 0 Å². The van der Waals surface area contributed by atoms with Crippen LogP contribution >= 0.6 is 0 Å². The Kier molecular flexibility index (Phi) is 3.06. The van der Waals surface area contributed by atoms with Gasteiger partial charge in [0.05, 0.1) is 0 Å². The third-order valence-corrected chi connectivity index (χ3v) is 1.02. The third kappa shape index (κ3) is 3.22. The van der Waals surface area contributed by atoms with E-state index in [0.29, 0.717) is 6.92 Å². The van der Waals surface area contributed by atoms with Crippen LogP contribution in [0.25, 0.3) is 0 Å². The number of hydrogen-bond acceptors (Lipinski definition) is 3. The lowest BCUT2D eigenvalue weighted by atomic mass is 10.3. The van der Waals surface area contributed by atoms with Gasteiger partial charge in [0.15, 0.2) is 0 Å². The molecule has 1 N–H and O–H groups in total. The molecule has 1 amide bonds. The normalized spacial score (nSPS) is 13.7. The van der Waals surface area contributed by atoms with E-state index in [1.165, 1.54) is 5.32 Å². The van der Waals surface area contributed by atoms with Crippen LogP contribution < -0.4 is 10.4 Å². The van der Waals surface area contributed by atoms with Crippen molar-refractivity contribution >= 4 is 11.9 Å². The highest BCUT2D eigenvalue weighted by molar-refractivity contribution is 6.30. The third-order valence-electron chi connectivity index (χ3n) is 1.02. The van der Waals surface area contributed by atoms with E-state index in [1.54, 1.807) is 0 Å². The van der Waals surface area contributed by atoms with Crippen LogP contribution in [0.5, 0.6) is 0 Å². The van der Waals surface area contributed by atoms with Crippen molar-refractivity contribution in [1.29, 1.82) is 0 Å². The summed E-state index contributed by atoms with van der Waals surface area (Å²) in [5, 5.41) is 10.9. The van der Waals surface area contributed by atoms with Gasteiger partial charge in [-0.1, -0.05) is 0 Å². The van der Waals surface area contributed by atoms with E-state index < -0.39 is 24.1 Å². The molecule has 0 saturated carbocycles. The van der Waals surface area contributed by atoms with Crippen molar-refractivity contribution in [2.45, 2.75) is 19.1 Å². The van der Waals surface area contributed by atoms with E-state index in [2.05, 4.69) is 0 Å². The minimum absolute atomic E-state index is 0.626. The van der Waals surface area contributed by atoms with Gasteiger partial charge in [-0.25, -0.2) is 0 Å². The van der Waals surface area contributed by atoms with Gasteiger partial charge >= 0.3 is 6.18 Å². The number of aliphatic carboxylic acids is 1. The summed E-state index contributed by atoms with van der Waals surface area (Å²) in [6, 6.07) is -2.19. The van der Waals surface area contributed by atoms with E-state index in [1.807, 2.05) is 0 Å². The number of carboxylic acids is 1. The number of carboxylic acid groups (broad SMARTS) is 1. The van der Waals surface area contributed by atoms with Crippen LogP contribution in [0.3, 0.4) is 0 Å². The summed E-state index contributed by atoms with van der Waals surface area (Å²) in [6.07, 6.45) is -4.65. The van der Waals surface area contributed by atoms with Gasteiger partial charge in [-0.15, -0.1) is 0 Å². The average molecular weight is 184 g/mol. The molecule has 0 heterocycles. The zero-order valence-corrected chi connectivity index (χ0v) is 5.94. The van der Waals surface area contributed by atoms with Crippen LogP contribution in [0.4, 0.5) is 13.2 Å². The molecule has 70 valence electrons. The molecule has 1 atom stereocenters. The van der Waals surface area contributed by atoms with Gasteiger partial charge in [-0.05, 0) is 6.92 Å². The van der Waals surface area contributed by atoms with E-state index in [0.717, 1.165) is 0 Å². The first-order valence-electron chi connectivity index (χ1n) is 2.83. The topological polar surface area (TPSA) is 69.2 Å². The number of rotatable bonds is 1. The van der Waals surface area contributed by atoms with Crippen molar-refractivity contribution in [2.24, 2.45) is 0 Å². The van der Waals surface area contributed by atoms with Crippen molar-refractivity contribution in [3.8, 4) is 0 Å². The molecule has 4 nitrogen and oxygen atoms in total. The number of hydrogen-bond donors (Lipinski definition) is 1. The predicted octanol–water partition coefficient (Wildman–Crippen LogP) is -1.20. The van der Waals surface area contributed by atoms with E-state index >= 15 is 0 Å². The molecule has 7 heteroatoms. The van der Waals surface area contributed by atoms with Gasteiger partial charge in [-0.2, -0.15) is 13.2 Å². The molecular weight excluding hydrogens is 179 g/mol. The second kappa shape index (κ2) is 3.42. The van der Waals surface area contributed by atoms with Gasteiger partial charge in [0.1, 0.15) is 12.0 Å². The second-order valence-corrected chi connectivity index (χ2v) is 2.02. The maximum Gasteiger partial charge on any atom is 0.408 e.